The normalized spacial score (nSPS) is 27.0. The Morgan fingerprint density at radius 1 is 1.35 bits per heavy atom. The molecule has 2 aliphatic rings. The van der Waals surface area contributed by atoms with Crippen molar-refractivity contribution in [2.24, 2.45) is 0 Å². The van der Waals surface area contributed by atoms with Crippen LogP contribution in [0.4, 0.5) is 5.69 Å². The number of anilines is 1. The second-order valence-corrected chi connectivity index (χ2v) is 8.51. The molecule has 0 aromatic carbocycles. The number of aromatic nitrogens is 1. The van der Waals surface area contributed by atoms with E-state index in [9.17, 15) is 13.2 Å². The van der Waals surface area contributed by atoms with Crippen molar-refractivity contribution in [3.05, 3.63) is 24.5 Å². The van der Waals surface area contributed by atoms with Gasteiger partial charge in [0.05, 0.1) is 29.7 Å². The van der Waals surface area contributed by atoms with Gasteiger partial charge in [-0.3, -0.25) is 14.7 Å². The summed E-state index contributed by atoms with van der Waals surface area (Å²) < 4.78 is 25.9. The second-order valence-electron chi connectivity index (χ2n) is 6.26. The van der Waals surface area contributed by atoms with Crippen LogP contribution in [0.15, 0.2) is 24.5 Å². The third-order valence-corrected chi connectivity index (χ3v) is 6.78. The number of rotatable bonds is 3. The van der Waals surface area contributed by atoms with Crippen LogP contribution in [-0.2, 0) is 14.8 Å². The molecule has 0 bridgehead atoms. The van der Waals surface area contributed by atoms with Crippen LogP contribution < -0.4 is 4.90 Å². The number of likely N-dealkylation sites (N-methyl/N-ethyl adjacent to an activating group) is 1. The highest BCUT2D eigenvalue weighted by molar-refractivity contribution is 7.89. The van der Waals surface area contributed by atoms with Gasteiger partial charge in [-0.25, -0.2) is 8.42 Å². The van der Waals surface area contributed by atoms with Crippen molar-refractivity contribution in [2.75, 3.05) is 43.9 Å². The summed E-state index contributed by atoms with van der Waals surface area (Å²) in [6.07, 6.45) is 4.07. The van der Waals surface area contributed by atoms with Crippen LogP contribution in [0.5, 0.6) is 0 Å². The standard InChI is InChI=1S/C15H22N4O3S/c1-3-23(21,22)18-8-6-15(11-18)12-19(14(20)10-17(15)2)13-5-4-7-16-9-13/h4-5,7,9H,3,6,8,10-12H2,1-2H3/t15-/m1/s1. The molecule has 0 aliphatic carbocycles. The molecule has 3 rings (SSSR count). The van der Waals surface area contributed by atoms with E-state index in [0.29, 0.717) is 19.6 Å². The molecule has 2 aliphatic heterocycles. The maximum Gasteiger partial charge on any atom is 0.241 e. The smallest absolute Gasteiger partial charge is 0.241 e. The van der Waals surface area contributed by atoms with Crippen LogP contribution in [0.2, 0.25) is 0 Å². The Morgan fingerprint density at radius 2 is 2.13 bits per heavy atom. The minimum atomic E-state index is -3.20. The summed E-state index contributed by atoms with van der Waals surface area (Å²) in [5, 5.41) is 0. The molecule has 0 radical (unpaired) electrons. The van der Waals surface area contributed by atoms with E-state index in [1.165, 1.54) is 0 Å². The van der Waals surface area contributed by atoms with Gasteiger partial charge in [-0.2, -0.15) is 4.31 Å². The Hall–Kier alpha value is -1.51. The van der Waals surface area contributed by atoms with E-state index in [0.717, 1.165) is 12.1 Å². The zero-order chi connectivity index (χ0) is 16.7. The van der Waals surface area contributed by atoms with Crippen LogP contribution in [0.1, 0.15) is 13.3 Å². The van der Waals surface area contributed by atoms with E-state index in [2.05, 4.69) is 4.98 Å². The van der Waals surface area contributed by atoms with Gasteiger partial charge in [0.25, 0.3) is 0 Å². The van der Waals surface area contributed by atoms with E-state index in [-0.39, 0.29) is 23.7 Å². The van der Waals surface area contributed by atoms with Crippen molar-refractivity contribution in [3.8, 4) is 0 Å². The summed E-state index contributed by atoms with van der Waals surface area (Å²) in [5.74, 6) is 0.126. The minimum absolute atomic E-state index is 0.0166. The topological polar surface area (TPSA) is 73.8 Å². The zero-order valence-electron chi connectivity index (χ0n) is 13.5. The van der Waals surface area contributed by atoms with Gasteiger partial charge in [0.1, 0.15) is 0 Å². The Morgan fingerprint density at radius 3 is 2.78 bits per heavy atom. The van der Waals surface area contributed by atoms with E-state index >= 15 is 0 Å². The summed E-state index contributed by atoms with van der Waals surface area (Å²) in [5.41, 5.74) is 0.438. The van der Waals surface area contributed by atoms with Gasteiger partial charge >= 0.3 is 0 Å². The highest BCUT2D eigenvalue weighted by atomic mass is 32.2. The van der Waals surface area contributed by atoms with E-state index in [4.69, 9.17) is 0 Å². The van der Waals surface area contributed by atoms with Crippen LogP contribution in [-0.4, -0.2) is 73.0 Å². The quantitative estimate of drug-likeness (QED) is 0.785. The first kappa shape index (κ1) is 16.4. The molecule has 3 heterocycles. The average molecular weight is 338 g/mol. The Balaban J connectivity index is 1.87. The first-order valence-corrected chi connectivity index (χ1v) is 9.38. The molecule has 1 spiro atoms. The lowest BCUT2D eigenvalue weighted by Crippen LogP contribution is -2.64. The van der Waals surface area contributed by atoms with E-state index < -0.39 is 10.0 Å². The predicted molar refractivity (Wildman–Crippen MR) is 87.6 cm³/mol. The maximum absolute atomic E-state index is 12.4. The lowest BCUT2D eigenvalue weighted by molar-refractivity contribution is -0.123. The highest BCUT2D eigenvalue weighted by Gasteiger charge is 2.49. The number of carbonyl (C=O) groups excluding carboxylic acids is 1. The third kappa shape index (κ3) is 2.86. The van der Waals surface area contributed by atoms with Gasteiger partial charge in [-0.1, -0.05) is 0 Å². The zero-order valence-corrected chi connectivity index (χ0v) is 14.3. The average Bonchev–Trinajstić information content (AvgIpc) is 2.98. The Bertz CT molecular complexity index is 694. The molecular weight excluding hydrogens is 316 g/mol. The van der Waals surface area contributed by atoms with Gasteiger partial charge in [-0.05, 0) is 32.5 Å². The monoisotopic (exact) mass is 338 g/mol. The lowest BCUT2D eigenvalue weighted by atomic mass is 9.93. The maximum atomic E-state index is 12.4. The largest absolute Gasteiger partial charge is 0.308 e. The van der Waals surface area contributed by atoms with E-state index in [1.54, 1.807) is 34.6 Å². The Labute approximate surface area is 136 Å². The van der Waals surface area contributed by atoms with Crippen molar-refractivity contribution < 1.29 is 13.2 Å². The van der Waals surface area contributed by atoms with Crippen molar-refractivity contribution in [3.63, 3.8) is 0 Å². The Kier molecular flexibility index (Phi) is 4.16. The number of carbonyl (C=O) groups is 1. The van der Waals surface area contributed by atoms with Gasteiger partial charge in [0.15, 0.2) is 0 Å². The van der Waals surface area contributed by atoms with Crippen molar-refractivity contribution in [1.29, 1.82) is 0 Å². The summed E-state index contributed by atoms with van der Waals surface area (Å²) >= 11 is 0. The molecule has 0 saturated carbocycles. The fourth-order valence-corrected chi connectivity index (χ4v) is 4.56. The molecule has 126 valence electrons. The number of hydrogen-bond donors (Lipinski definition) is 0. The number of amides is 1. The molecular formula is C15H22N4O3S. The molecule has 2 saturated heterocycles. The molecule has 2 fully saturated rings. The third-order valence-electron chi connectivity index (χ3n) is 4.95. The number of pyridine rings is 1. The highest BCUT2D eigenvalue weighted by Crippen LogP contribution is 2.34. The van der Waals surface area contributed by atoms with Gasteiger partial charge in [0, 0.05) is 25.8 Å². The molecule has 0 unspecified atom stereocenters. The summed E-state index contributed by atoms with van der Waals surface area (Å²) in [4.78, 5) is 20.2. The summed E-state index contributed by atoms with van der Waals surface area (Å²) in [6.45, 7) is 3.38. The minimum Gasteiger partial charge on any atom is -0.308 e. The predicted octanol–water partition coefficient (Wildman–Crippen LogP) is 0.154. The number of hydrogen-bond acceptors (Lipinski definition) is 5. The number of nitrogens with zero attached hydrogens (tertiary/aromatic N) is 4. The molecule has 1 atom stereocenters. The fourth-order valence-electron chi connectivity index (χ4n) is 3.39. The SMILES string of the molecule is CCS(=O)(=O)N1CC[C@]2(CN(c3cccnc3)C(=O)CN2C)C1. The first-order valence-electron chi connectivity index (χ1n) is 7.77. The summed E-state index contributed by atoms with van der Waals surface area (Å²) in [6, 6.07) is 3.66. The number of piperazine rings is 1. The molecule has 1 aromatic heterocycles. The molecule has 0 N–H and O–H groups in total. The molecule has 8 heteroatoms. The summed E-state index contributed by atoms with van der Waals surface area (Å²) in [7, 11) is -1.30. The van der Waals surface area contributed by atoms with Crippen LogP contribution in [0.3, 0.4) is 0 Å². The number of sulfonamides is 1. The van der Waals surface area contributed by atoms with Gasteiger partial charge in [0.2, 0.25) is 15.9 Å². The van der Waals surface area contributed by atoms with Crippen molar-refractivity contribution in [1.82, 2.24) is 14.2 Å². The van der Waals surface area contributed by atoms with Gasteiger partial charge < -0.3 is 4.90 Å². The lowest BCUT2D eigenvalue weighted by Gasteiger charge is -2.46. The van der Waals surface area contributed by atoms with Crippen molar-refractivity contribution >= 4 is 21.6 Å². The second kappa shape index (κ2) is 5.85. The van der Waals surface area contributed by atoms with E-state index in [1.807, 2.05) is 18.0 Å². The molecule has 1 aromatic rings. The van der Waals surface area contributed by atoms with Crippen LogP contribution in [0.25, 0.3) is 0 Å². The van der Waals surface area contributed by atoms with Crippen LogP contribution in [0, 0.1) is 0 Å². The van der Waals surface area contributed by atoms with Crippen LogP contribution >= 0.6 is 0 Å². The van der Waals surface area contributed by atoms with Crippen molar-refractivity contribution in [2.45, 2.75) is 18.9 Å². The fraction of sp³-hybridized carbons (Fsp3) is 0.600. The first-order chi connectivity index (χ1) is 10.9. The molecule has 7 nitrogen and oxygen atoms in total. The molecule has 23 heavy (non-hydrogen) atoms. The van der Waals surface area contributed by atoms with Gasteiger partial charge in [-0.15, -0.1) is 0 Å². The molecule has 1 amide bonds.